The van der Waals surface area contributed by atoms with Gasteiger partial charge in [-0.05, 0) is 6.07 Å². The van der Waals surface area contributed by atoms with Crippen molar-refractivity contribution in [1.29, 1.82) is 0 Å². The lowest BCUT2D eigenvalue weighted by molar-refractivity contribution is -0.385. The Bertz CT molecular complexity index is 1030. The standard InChI is InChI=1S/C15H16N6O7/c1-27-11-6-8(5-10(21(25)26)13(11)28-2)7-16-19-12(22)4-3-9-14(23)17-15(24)20-18-9/h5-7H,3-4H2,1-2H3,(H,19,22)(H2,17,20,23,24)/b16-7+. The molecular formula is C15H16N6O7. The molecule has 0 saturated carbocycles. The first-order chi connectivity index (χ1) is 13.3. The van der Waals surface area contributed by atoms with Crippen LogP contribution < -0.4 is 26.1 Å². The number of nitrogens with zero attached hydrogens (tertiary/aromatic N) is 3. The molecule has 1 amide bonds. The Balaban J connectivity index is 2.04. The van der Waals surface area contributed by atoms with Gasteiger partial charge in [-0.25, -0.2) is 15.3 Å². The maximum absolute atomic E-state index is 11.8. The van der Waals surface area contributed by atoms with Gasteiger partial charge in [-0.3, -0.25) is 24.7 Å². The smallest absolute Gasteiger partial charge is 0.342 e. The van der Waals surface area contributed by atoms with Crippen LogP contribution in [0.5, 0.6) is 11.5 Å². The number of aromatic nitrogens is 3. The van der Waals surface area contributed by atoms with Crippen LogP contribution >= 0.6 is 0 Å². The first-order valence-electron chi connectivity index (χ1n) is 7.76. The third-order valence-electron chi connectivity index (χ3n) is 3.45. The number of hydrazone groups is 1. The molecule has 2 aromatic rings. The number of aryl methyl sites for hydroxylation is 1. The highest BCUT2D eigenvalue weighted by Crippen LogP contribution is 2.37. The van der Waals surface area contributed by atoms with E-state index in [0.29, 0.717) is 5.56 Å². The number of hydrogen-bond acceptors (Lipinski definition) is 9. The van der Waals surface area contributed by atoms with Crippen LogP contribution in [-0.2, 0) is 11.2 Å². The van der Waals surface area contributed by atoms with Crippen molar-refractivity contribution in [3.05, 3.63) is 54.3 Å². The third kappa shape index (κ3) is 5.00. The maximum atomic E-state index is 11.8. The largest absolute Gasteiger partial charge is 0.493 e. The van der Waals surface area contributed by atoms with Crippen molar-refractivity contribution in [3.8, 4) is 11.5 Å². The molecular weight excluding hydrogens is 376 g/mol. The van der Waals surface area contributed by atoms with Crippen molar-refractivity contribution in [1.82, 2.24) is 20.6 Å². The van der Waals surface area contributed by atoms with Gasteiger partial charge >= 0.3 is 11.4 Å². The van der Waals surface area contributed by atoms with Gasteiger partial charge in [0.2, 0.25) is 11.7 Å². The second-order valence-electron chi connectivity index (χ2n) is 5.28. The molecule has 13 heteroatoms. The van der Waals surface area contributed by atoms with E-state index in [4.69, 9.17) is 9.47 Å². The Morgan fingerprint density at radius 1 is 1.36 bits per heavy atom. The van der Waals surface area contributed by atoms with Crippen LogP contribution in [0.4, 0.5) is 5.69 Å². The van der Waals surface area contributed by atoms with Gasteiger partial charge < -0.3 is 9.47 Å². The Hall–Kier alpha value is -4.03. The molecule has 1 aromatic heterocycles. The number of methoxy groups -OCH3 is 2. The lowest BCUT2D eigenvalue weighted by Gasteiger charge is -2.08. The molecule has 2 rings (SSSR count). The summed E-state index contributed by atoms with van der Waals surface area (Å²) < 4.78 is 10.0. The monoisotopic (exact) mass is 392 g/mol. The Kier molecular flexibility index (Phi) is 6.57. The van der Waals surface area contributed by atoms with Gasteiger partial charge in [0.15, 0.2) is 5.75 Å². The van der Waals surface area contributed by atoms with Gasteiger partial charge in [0, 0.05) is 24.5 Å². The predicted octanol–water partition coefficient (Wildman–Crippen LogP) is -0.533. The quantitative estimate of drug-likeness (QED) is 0.304. The van der Waals surface area contributed by atoms with Gasteiger partial charge in [-0.15, -0.1) is 0 Å². The second-order valence-corrected chi connectivity index (χ2v) is 5.28. The number of aromatic amines is 2. The minimum atomic E-state index is -0.744. The second kappa shape index (κ2) is 9.07. The third-order valence-corrected chi connectivity index (χ3v) is 3.45. The van der Waals surface area contributed by atoms with Gasteiger partial charge in [0.25, 0.3) is 5.56 Å². The number of carbonyl (C=O) groups excluding carboxylic acids is 1. The molecule has 0 aliphatic rings. The van der Waals surface area contributed by atoms with E-state index in [9.17, 15) is 24.5 Å². The molecule has 13 nitrogen and oxygen atoms in total. The summed E-state index contributed by atoms with van der Waals surface area (Å²) in [4.78, 5) is 46.7. The molecule has 28 heavy (non-hydrogen) atoms. The van der Waals surface area contributed by atoms with Crippen LogP contribution in [0, 0.1) is 10.1 Å². The number of hydrogen-bond donors (Lipinski definition) is 3. The number of ether oxygens (including phenoxy) is 2. The summed E-state index contributed by atoms with van der Waals surface area (Å²) in [5.41, 5.74) is 0.765. The first-order valence-corrected chi connectivity index (χ1v) is 7.76. The van der Waals surface area contributed by atoms with E-state index in [-0.39, 0.29) is 35.7 Å². The van der Waals surface area contributed by atoms with Gasteiger partial charge in [-0.1, -0.05) is 0 Å². The summed E-state index contributed by atoms with van der Waals surface area (Å²) in [7, 11) is 2.61. The highest BCUT2D eigenvalue weighted by atomic mass is 16.6. The van der Waals surface area contributed by atoms with Crippen molar-refractivity contribution in [2.24, 2.45) is 5.10 Å². The van der Waals surface area contributed by atoms with E-state index < -0.39 is 22.1 Å². The topological polar surface area (TPSA) is 182 Å². The summed E-state index contributed by atoms with van der Waals surface area (Å²) in [6.45, 7) is 0. The average molecular weight is 392 g/mol. The van der Waals surface area contributed by atoms with E-state index in [0.717, 1.165) is 0 Å². The summed E-state index contributed by atoms with van der Waals surface area (Å²) in [5, 5.41) is 20.5. The summed E-state index contributed by atoms with van der Waals surface area (Å²) in [6.07, 6.45) is 1.05. The van der Waals surface area contributed by atoms with Crippen molar-refractivity contribution in [3.63, 3.8) is 0 Å². The predicted molar refractivity (Wildman–Crippen MR) is 95.7 cm³/mol. The Morgan fingerprint density at radius 2 is 2.11 bits per heavy atom. The number of rotatable bonds is 8. The van der Waals surface area contributed by atoms with Gasteiger partial charge in [0.1, 0.15) is 5.69 Å². The molecule has 0 aliphatic carbocycles. The van der Waals surface area contributed by atoms with Crippen LogP contribution in [0.1, 0.15) is 17.7 Å². The molecule has 0 atom stereocenters. The fourth-order valence-electron chi connectivity index (χ4n) is 2.18. The maximum Gasteiger partial charge on any atom is 0.342 e. The highest BCUT2D eigenvalue weighted by Gasteiger charge is 2.21. The molecule has 0 bridgehead atoms. The molecule has 0 fully saturated rings. The van der Waals surface area contributed by atoms with Crippen molar-refractivity contribution in [2.45, 2.75) is 12.8 Å². The van der Waals surface area contributed by atoms with Crippen LogP contribution in [0.2, 0.25) is 0 Å². The first kappa shape index (κ1) is 20.3. The van der Waals surface area contributed by atoms with Crippen LogP contribution in [0.25, 0.3) is 0 Å². The molecule has 1 heterocycles. The molecule has 0 spiro atoms. The Morgan fingerprint density at radius 3 is 2.71 bits per heavy atom. The lowest BCUT2D eigenvalue weighted by Crippen LogP contribution is -2.28. The molecule has 3 N–H and O–H groups in total. The van der Waals surface area contributed by atoms with Crippen LogP contribution in [0.3, 0.4) is 0 Å². The zero-order chi connectivity index (χ0) is 20.7. The molecule has 1 aromatic carbocycles. The van der Waals surface area contributed by atoms with Crippen LogP contribution in [-0.4, -0.2) is 46.4 Å². The number of amides is 1. The number of benzene rings is 1. The lowest BCUT2D eigenvalue weighted by atomic mass is 10.2. The summed E-state index contributed by atoms with van der Waals surface area (Å²) in [6, 6.07) is 2.66. The molecule has 148 valence electrons. The average Bonchev–Trinajstić information content (AvgIpc) is 2.66. The van der Waals surface area contributed by atoms with E-state index in [1.165, 1.54) is 32.6 Å². The van der Waals surface area contributed by atoms with E-state index in [1.807, 2.05) is 4.98 Å². The van der Waals surface area contributed by atoms with Crippen molar-refractivity contribution in [2.75, 3.05) is 14.2 Å². The van der Waals surface area contributed by atoms with Crippen molar-refractivity contribution >= 4 is 17.8 Å². The molecule has 0 saturated heterocycles. The van der Waals surface area contributed by atoms with E-state index >= 15 is 0 Å². The van der Waals surface area contributed by atoms with E-state index in [2.05, 4.69) is 20.7 Å². The number of nitrogens with one attached hydrogen (secondary N) is 3. The van der Waals surface area contributed by atoms with E-state index in [1.54, 1.807) is 0 Å². The number of carbonyl (C=O) groups is 1. The minimum Gasteiger partial charge on any atom is -0.493 e. The minimum absolute atomic E-state index is 0.00533. The zero-order valence-electron chi connectivity index (χ0n) is 14.8. The molecule has 0 unspecified atom stereocenters. The Labute approximate surface area is 156 Å². The molecule has 0 aliphatic heterocycles. The molecule has 0 radical (unpaired) electrons. The number of nitro benzene ring substituents is 1. The van der Waals surface area contributed by atoms with Crippen molar-refractivity contribution < 1.29 is 19.2 Å². The zero-order valence-corrected chi connectivity index (χ0v) is 14.8. The van der Waals surface area contributed by atoms with Gasteiger partial charge in [-0.2, -0.15) is 10.2 Å². The number of nitro groups is 1. The normalized spacial score (nSPS) is 10.6. The summed E-state index contributed by atoms with van der Waals surface area (Å²) in [5.74, 6) is -0.432. The number of H-pyrrole nitrogens is 2. The summed E-state index contributed by atoms with van der Waals surface area (Å²) >= 11 is 0. The SMILES string of the molecule is COc1cc(/C=N/NC(=O)CCc2n[nH]c(=O)[nH]c2=O)cc([N+](=O)[O-])c1OC. The fourth-order valence-corrected chi connectivity index (χ4v) is 2.18. The fraction of sp³-hybridized carbons (Fsp3) is 0.267. The van der Waals surface area contributed by atoms with Gasteiger partial charge in [0.05, 0.1) is 25.4 Å². The van der Waals surface area contributed by atoms with Crippen LogP contribution in [0.15, 0.2) is 26.8 Å². The highest BCUT2D eigenvalue weighted by molar-refractivity contribution is 5.85.